The first-order valence-electron chi connectivity index (χ1n) is 6.39. The van der Waals surface area contributed by atoms with Gasteiger partial charge in [-0.1, -0.05) is 75.5 Å². The van der Waals surface area contributed by atoms with E-state index in [1.807, 2.05) is 54.6 Å². The SMILES string of the molecule is Clc1cccc(CBr)c1Oc1ccc(Cl)c2ccccc12. The third-order valence-electron chi connectivity index (χ3n) is 3.24. The van der Waals surface area contributed by atoms with Crippen LogP contribution in [0.5, 0.6) is 11.5 Å². The summed E-state index contributed by atoms with van der Waals surface area (Å²) in [6.07, 6.45) is 0. The van der Waals surface area contributed by atoms with Crippen molar-refractivity contribution in [2.45, 2.75) is 5.33 Å². The van der Waals surface area contributed by atoms with E-state index in [4.69, 9.17) is 27.9 Å². The molecule has 21 heavy (non-hydrogen) atoms. The third-order valence-corrected chi connectivity index (χ3v) is 4.47. The molecular weight excluding hydrogens is 371 g/mol. The molecule has 0 fully saturated rings. The fraction of sp³-hybridized carbons (Fsp3) is 0.0588. The predicted molar refractivity (Wildman–Crippen MR) is 93.1 cm³/mol. The summed E-state index contributed by atoms with van der Waals surface area (Å²) >= 11 is 16.0. The van der Waals surface area contributed by atoms with Crippen LogP contribution >= 0.6 is 39.1 Å². The lowest BCUT2D eigenvalue weighted by molar-refractivity contribution is 0.484. The molecule has 0 bridgehead atoms. The Balaban J connectivity index is 2.13. The van der Waals surface area contributed by atoms with Crippen LogP contribution in [0.4, 0.5) is 0 Å². The number of rotatable bonds is 3. The van der Waals surface area contributed by atoms with Crippen molar-refractivity contribution < 1.29 is 4.74 Å². The Morgan fingerprint density at radius 1 is 0.810 bits per heavy atom. The van der Waals surface area contributed by atoms with Crippen LogP contribution in [0.3, 0.4) is 0 Å². The standard InChI is InChI=1S/C17H11BrCl2O/c18-10-11-4-3-7-15(20)17(11)21-16-9-8-14(19)12-5-1-2-6-13(12)16/h1-9H,10H2. The molecule has 0 N–H and O–H groups in total. The van der Waals surface area contributed by atoms with Gasteiger partial charge in [-0.2, -0.15) is 0 Å². The van der Waals surface area contributed by atoms with E-state index >= 15 is 0 Å². The van der Waals surface area contributed by atoms with E-state index in [1.165, 1.54) is 0 Å². The molecule has 0 saturated heterocycles. The first-order valence-corrected chi connectivity index (χ1v) is 8.27. The van der Waals surface area contributed by atoms with Crippen LogP contribution in [0.1, 0.15) is 5.56 Å². The molecule has 0 aliphatic rings. The molecule has 0 aromatic heterocycles. The van der Waals surface area contributed by atoms with Gasteiger partial charge in [-0.3, -0.25) is 0 Å². The molecule has 4 heteroatoms. The van der Waals surface area contributed by atoms with Crippen molar-refractivity contribution in [2.75, 3.05) is 0 Å². The summed E-state index contributed by atoms with van der Waals surface area (Å²) in [5.41, 5.74) is 1.00. The number of benzene rings is 3. The summed E-state index contributed by atoms with van der Waals surface area (Å²) in [5.74, 6) is 1.41. The molecule has 0 unspecified atom stereocenters. The Bertz CT molecular complexity index is 802. The van der Waals surface area contributed by atoms with E-state index in [0.29, 0.717) is 21.1 Å². The maximum Gasteiger partial charge on any atom is 0.150 e. The van der Waals surface area contributed by atoms with Crippen molar-refractivity contribution in [3.8, 4) is 11.5 Å². The van der Waals surface area contributed by atoms with Crippen LogP contribution < -0.4 is 4.74 Å². The van der Waals surface area contributed by atoms with E-state index in [-0.39, 0.29) is 0 Å². The van der Waals surface area contributed by atoms with E-state index in [9.17, 15) is 0 Å². The number of para-hydroxylation sites is 1. The fourth-order valence-electron chi connectivity index (χ4n) is 2.21. The molecule has 3 aromatic rings. The minimum absolute atomic E-state index is 0.589. The van der Waals surface area contributed by atoms with Gasteiger partial charge >= 0.3 is 0 Å². The predicted octanol–water partition coefficient (Wildman–Crippen LogP) is 6.83. The molecule has 0 atom stereocenters. The van der Waals surface area contributed by atoms with Crippen LogP contribution in [0.15, 0.2) is 54.6 Å². The molecule has 106 valence electrons. The number of alkyl halides is 1. The fourth-order valence-corrected chi connectivity index (χ4v) is 3.11. The third kappa shape index (κ3) is 2.89. The van der Waals surface area contributed by atoms with Crippen LogP contribution in [-0.4, -0.2) is 0 Å². The van der Waals surface area contributed by atoms with Crippen molar-refractivity contribution in [3.63, 3.8) is 0 Å². The van der Waals surface area contributed by atoms with Gasteiger partial charge in [0.25, 0.3) is 0 Å². The van der Waals surface area contributed by atoms with Crippen LogP contribution in [0.2, 0.25) is 10.0 Å². The minimum atomic E-state index is 0.589. The number of ether oxygens (including phenoxy) is 1. The van der Waals surface area contributed by atoms with Gasteiger partial charge in [-0.25, -0.2) is 0 Å². The molecule has 1 nitrogen and oxygen atoms in total. The molecule has 0 radical (unpaired) electrons. The molecule has 3 rings (SSSR count). The number of hydrogen-bond donors (Lipinski definition) is 0. The molecule has 0 heterocycles. The summed E-state index contributed by atoms with van der Waals surface area (Å²) < 4.78 is 6.08. The van der Waals surface area contributed by atoms with Gasteiger partial charge in [-0.05, 0) is 18.2 Å². The monoisotopic (exact) mass is 380 g/mol. The number of hydrogen-bond acceptors (Lipinski definition) is 1. The Labute approximate surface area is 141 Å². The Hall–Kier alpha value is -1.22. The molecule has 3 aromatic carbocycles. The molecule has 0 aliphatic carbocycles. The zero-order valence-electron chi connectivity index (χ0n) is 10.9. The van der Waals surface area contributed by atoms with Crippen LogP contribution in [0.25, 0.3) is 10.8 Å². The molecule has 0 aliphatic heterocycles. The van der Waals surface area contributed by atoms with E-state index < -0.39 is 0 Å². The summed E-state index contributed by atoms with van der Waals surface area (Å²) in [5, 5.41) is 3.90. The van der Waals surface area contributed by atoms with Crippen molar-refractivity contribution >= 4 is 49.9 Å². The Kier molecular flexibility index (Phi) is 4.39. The molecular formula is C17H11BrCl2O. The maximum absolute atomic E-state index is 6.27. The minimum Gasteiger partial charge on any atom is -0.455 e. The van der Waals surface area contributed by atoms with Gasteiger partial charge < -0.3 is 4.74 Å². The Morgan fingerprint density at radius 2 is 1.57 bits per heavy atom. The zero-order chi connectivity index (χ0) is 14.8. The number of fused-ring (bicyclic) bond motifs is 1. The van der Waals surface area contributed by atoms with Crippen LogP contribution in [-0.2, 0) is 5.33 Å². The lowest BCUT2D eigenvalue weighted by Crippen LogP contribution is -1.91. The smallest absolute Gasteiger partial charge is 0.150 e. The number of halogens is 3. The second-order valence-electron chi connectivity index (χ2n) is 4.55. The highest BCUT2D eigenvalue weighted by Crippen LogP contribution is 2.38. The van der Waals surface area contributed by atoms with E-state index in [0.717, 1.165) is 22.1 Å². The summed E-state index contributed by atoms with van der Waals surface area (Å²) in [7, 11) is 0. The van der Waals surface area contributed by atoms with Gasteiger partial charge in [0, 0.05) is 26.7 Å². The molecule has 0 spiro atoms. The van der Waals surface area contributed by atoms with Gasteiger partial charge in [0.05, 0.1) is 5.02 Å². The lowest BCUT2D eigenvalue weighted by Gasteiger charge is -2.14. The maximum atomic E-state index is 6.27. The normalized spacial score (nSPS) is 10.8. The highest BCUT2D eigenvalue weighted by molar-refractivity contribution is 9.08. The van der Waals surface area contributed by atoms with Crippen molar-refractivity contribution in [1.29, 1.82) is 0 Å². The summed E-state index contributed by atoms with van der Waals surface area (Å²) in [6.45, 7) is 0. The van der Waals surface area contributed by atoms with Crippen molar-refractivity contribution in [3.05, 3.63) is 70.2 Å². The topological polar surface area (TPSA) is 9.23 Å². The van der Waals surface area contributed by atoms with Crippen molar-refractivity contribution in [1.82, 2.24) is 0 Å². The first-order chi connectivity index (χ1) is 10.2. The molecule has 0 amide bonds. The Morgan fingerprint density at radius 3 is 2.33 bits per heavy atom. The summed E-state index contributed by atoms with van der Waals surface area (Å²) in [4.78, 5) is 0. The molecule has 0 saturated carbocycles. The average molecular weight is 382 g/mol. The largest absolute Gasteiger partial charge is 0.455 e. The van der Waals surface area contributed by atoms with Gasteiger partial charge in [-0.15, -0.1) is 0 Å². The first kappa shape index (κ1) is 14.7. The van der Waals surface area contributed by atoms with Crippen LogP contribution in [0, 0.1) is 0 Å². The second-order valence-corrected chi connectivity index (χ2v) is 5.93. The zero-order valence-corrected chi connectivity index (χ0v) is 14.0. The lowest BCUT2D eigenvalue weighted by atomic mass is 10.1. The highest BCUT2D eigenvalue weighted by Gasteiger charge is 2.11. The average Bonchev–Trinajstić information content (AvgIpc) is 2.52. The summed E-state index contributed by atoms with van der Waals surface area (Å²) in [6, 6.07) is 17.3. The highest BCUT2D eigenvalue weighted by atomic mass is 79.9. The van der Waals surface area contributed by atoms with Gasteiger partial charge in [0.1, 0.15) is 11.5 Å². The quantitative estimate of drug-likeness (QED) is 0.451. The second kappa shape index (κ2) is 6.27. The van der Waals surface area contributed by atoms with Crippen molar-refractivity contribution in [2.24, 2.45) is 0 Å². The van der Waals surface area contributed by atoms with Gasteiger partial charge in [0.15, 0.2) is 0 Å². The van der Waals surface area contributed by atoms with E-state index in [2.05, 4.69) is 15.9 Å². The van der Waals surface area contributed by atoms with E-state index in [1.54, 1.807) is 0 Å². The van der Waals surface area contributed by atoms with Gasteiger partial charge in [0.2, 0.25) is 0 Å².